The van der Waals surface area contributed by atoms with Crippen LogP contribution in [0.2, 0.25) is 0 Å². The summed E-state index contributed by atoms with van der Waals surface area (Å²) in [6.45, 7) is 8.71. The summed E-state index contributed by atoms with van der Waals surface area (Å²) in [5, 5.41) is 0. The maximum absolute atomic E-state index is 4.13. The summed E-state index contributed by atoms with van der Waals surface area (Å²) in [6, 6.07) is 0. The lowest BCUT2D eigenvalue weighted by molar-refractivity contribution is 0.408. The first-order valence-corrected chi connectivity index (χ1v) is 9.64. The Balaban J connectivity index is 3.20. The minimum absolute atomic E-state index is 0.913. The topological polar surface area (TPSA) is 0 Å². The van der Waals surface area contributed by atoms with Crippen molar-refractivity contribution >= 4 is 0 Å². The van der Waals surface area contributed by atoms with Crippen LogP contribution in [0.15, 0.2) is 0 Å². The van der Waals surface area contributed by atoms with Gasteiger partial charge in [0.1, 0.15) is 0 Å². The van der Waals surface area contributed by atoms with Crippen molar-refractivity contribution in [1.29, 1.82) is 0 Å². The zero-order chi connectivity index (χ0) is 14.9. The summed E-state index contributed by atoms with van der Waals surface area (Å²) >= 11 is 0. The van der Waals surface area contributed by atoms with E-state index in [1.165, 1.54) is 96.3 Å². The lowest BCUT2D eigenvalue weighted by Crippen LogP contribution is -1.99. The van der Waals surface area contributed by atoms with Gasteiger partial charge in [-0.25, -0.2) is 0 Å². The minimum atomic E-state index is 0.913. The molecule has 0 nitrogen and oxygen atoms in total. The lowest BCUT2D eigenvalue weighted by atomic mass is 9.92. The fourth-order valence-corrected chi connectivity index (χ4v) is 3.04. The van der Waals surface area contributed by atoms with E-state index in [9.17, 15) is 0 Å². The molecule has 0 aromatic rings. The molecular weight excluding hydrogens is 240 g/mol. The summed E-state index contributed by atoms with van der Waals surface area (Å²) in [7, 11) is 0. The smallest absolute Gasteiger partial charge is 0.0414 e. The van der Waals surface area contributed by atoms with Gasteiger partial charge in [0, 0.05) is 0 Å². The van der Waals surface area contributed by atoms with Gasteiger partial charge in [-0.2, -0.15) is 0 Å². The molecule has 0 saturated heterocycles. The van der Waals surface area contributed by atoms with Crippen molar-refractivity contribution in [3.05, 3.63) is 6.92 Å². The summed E-state index contributed by atoms with van der Waals surface area (Å²) < 4.78 is 0. The molecule has 0 N–H and O–H groups in total. The molecule has 1 unspecified atom stereocenters. The molecule has 0 aromatic carbocycles. The molecule has 0 spiro atoms. The first kappa shape index (κ1) is 20.0. The largest absolute Gasteiger partial charge is 0.0654 e. The van der Waals surface area contributed by atoms with Crippen LogP contribution >= 0.6 is 0 Å². The van der Waals surface area contributed by atoms with Gasteiger partial charge in [-0.05, 0) is 5.92 Å². The average Bonchev–Trinajstić information content (AvgIpc) is 2.47. The zero-order valence-electron chi connectivity index (χ0n) is 14.6. The summed E-state index contributed by atoms with van der Waals surface area (Å²) in [6.07, 6.45) is 22.7. The van der Waals surface area contributed by atoms with Gasteiger partial charge in [-0.1, -0.05) is 124 Å². The Hall–Kier alpha value is 0. The normalized spacial score (nSPS) is 12.8. The third-order valence-electron chi connectivity index (χ3n) is 4.59. The Morgan fingerprint density at radius 3 is 1.35 bits per heavy atom. The van der Waals surface area contributed by atoms with Gasteiger partial charge in [0.15, 0.2) is 0 Å². The molecule has 0 amide bonds. The summed E-state index contributed by atoms with van der Waals surface area (Å²) in [4.78, 5) is 0. The van der Waals surface area contributed by atoms with Gasteiger partial charge < -0.3 is 0 Å². The van der Waals surface area contributed by atoms with Crippen molar-refractivity contribution in [2.75, 3.05) is 0 Å². The number of unbranched alkanes of at least 4 members (excludes halogenated alkanes) is 11. The van der Waals surface area contributed by atoms with E-state index in [-0.39, 0.29) is 0 Å². The lowest BCUT2D eigenvalue weighted by Gasteiger charge is -2.14. The van der Waals surface area contributed by atoms with Crippen LogP contribution in [0.4, 0.5) is 0 Å². The molecule has 0 aliphatic rings. The van der Waals surface area contributed by atoms with Crippen molar-refractivity contribution in [3.8, 4) is 0 Å². The van der Waals surface area contributed by atoms with Crippen LogP contribution in [0, 0.1) is 12.8 Å². The van der Waals surface area contributed by atoms with Crippen molar-refractivity contribution < 1.29 is 0 Å². The number of hydrogen-bond acceptors (Lipinski definition) is 0. The molecule has 0 bridgehead atoms. The minimum Gasteiger partial charge on any atom is -0.0654 e. The Labute approximate surface area is 130 Å². The van der Waals surface area contributed by atoms with Crippen molar-refractivity contribution in [1.82, 2.24) is 0 Å². The molecular formula is C20H41. The highest BCUT2D eigenvalue weighted by Gasteiger charge is 2.05. The van der Waals surface area contributed by atoms with E-state index in [2.05, 4.69) is 20.8 Å². The average molecular weight is 282 g/mol. The Bertz CT molecular complexity index is 161. The second kappa shape index (κ2) is 17.1. The standard InChI is InChI=1S/C20H41/c1-4-7-9-10-11-12-13-14-15-17-19-20(6-3)18-16-8-5-2/h20H,3-19H2,1-2H3. The fraction of sp³-hybridized carbons (Fsp3) is 0.950. The molecule has 0 fully saturated rings. The zero-order valence-corrected chi connectivity index (χ0v) is 14.6. The van der Waals surface area contributed by atoms with Crippen LogP contribution in [0.5, 0.6) is 0 Å². The van der Waals surface area contributed by atoms with E-state index in [4.69, 9.17) is 0 Å². The van der Waals surface area contributed by atoms with Gasteiger partial charge >= 0.3 is 0 Å². The van der Waals surface area contributed by atoms with Gasteiger partial charge in [0.25, 0.3) is 0 Å². The van der Waals surface area contributed by atoms with E-state index >= 15 is 0 Å². The fourth-order valence-electron chi connectivity index (χ4n) is 3.04. The predicted octanol–water partition coefficient (Wildman–Crippen LogP) is 7.72. The summed E-state index contributed by atoms with van der Waals surface area (Å²) in [5.74, 6) is 0.913. The molecule has 0 rings (SSSR count). The first-order chi connectivity index (χ1) is 9.85. The van der Waals surface area contributed by atoms with Crippen molar-refractivity contribution in [2.45, 2.75) is 117 Å². The van der Waals surface area contributed by atoms with E-state index in [1.54, 1.807) is 0 Å². The first-order valence-electron chi connectivity index (χ1n) is 9.64. The molecule has 0 heterocycles. The SMILES string of the molecule is [CH2]CC(CCCCC)CCCCCCCCCCCC. The molecule has 0 aliphatic heterocycles. The maximum atomic E-state index is 4.13. The van der Waals surface area contributed by atoms with E-state index < -0.39 is 0 Å². The van der Waals surface area contributed by atoms with E-state index in [0.29, 0.717) is 0 Å². The molecule has 1 radical (unpaired) electrons. The van der Waals surface area contributed by atoms with E-state index in [1.807, 2.05) is 0 Å². The van der Waals surface area contributed by atoms with E-state index in [0.717, 1.165) is 12.3 Å². The highest BCUT2D eigenvalue weighted by Crippen LogP contribution is 2.21. The predicted molar refractivity (Wildman–Crippen MR) is 94.1 cm³/mol. The molecule has 0 aliphatic carbocycles. The van der Waals surface area contributed by atoms with Crippen molar-refractivity contribution in [3.63, 3.8) is 0 Å². The quantitative estimate of drug-likeness (QED) is 0.254. The molecule has 121 valence electrons. The second-order valence-electron chi connectivity index (χ2n) is 6.62. The highest BCUT2D eigenvalue weighted by molar-refractivity contribution is 4.61. The molecule has 0 heteroatoms. The van der Waals surface area contributed by atoms with Crippen LogP contribution in [0.25, 0.3) is 0 Å². The summed E-state index contributed by atoms with van der Waals surface area (Å²) in [5.41, 5.74) is 0. The number of hydrogen-bond donors (Lipinski definition) is 0. The Morgan fingerprint density at radius 2 is 0.900 bits per heavy atom. The molecule has 0 aromatic heterocycles. The Morgan fingerprint density at radius 1 is 0.550 bits per heavy atom. The van der Waals surface area contributed by atoms with Gasteiger partial charge in [0.2, 0.25) is 0 Å². The van der Waals surface area contributed by atoms with Crippen molar-refractivity contribution in [2.24, 2.45) is 5.92 Å². The van der Waals surface area contributed by atoms with Gasteiger partial charge in [-0.3, -0.25) is 0 Å². The molecule has 1 atom stereocenters. The third-order valence-corrected chi connectivity index (χ3v) is 4.59. The van der Waals surface area contributed by atoms with Crippen LogP contribution in [0.3, 0.4) is 0 Å². The highest BCUT2D eigenvalue weighted by atomic mass is 14.1. The van der Waals surface area contributed by atoms with Gasteiger partial charge in [-0.15, -0.1) is 0 Å². The van der Waals surface area contributed by atoms with Crippen LogP contribution < -0.4 is 0 Å². The third kappa shape index (κ3) is 14.4. The maximum Gasteiger partial charge on any atom is -0.0414 e. The monoisotopic (exact) mass is 281 g/mol. The molecule has 0 saturated carbocycles. The van der Waals surface area contributed by atoms with Crippen LogP contribution in [-0.4, -0.2) is 0 Å². The molecule has 20 heavy (non-hydrogen) atoms. The second-order valence-corrected chi connectivity index (χ2v) is 6.62. The number of rotatable bonds is 16. The van der Waals surface area contributed by atoms with Crippen LogP contribution in [-0.2, 0) is 0 Å². The van der Waals surface area contributed by atoms with Gasteiger partial charge in [0.05, 0.1) is 0 Å². The Kier molecular flexibility index (Phi) is 17.1. The van der Waals surface area contributed by atoms with Crippen LogP contribution in [0.1, 0.15) is 117 Å².